The molecule has 0 radical (unpaired) electrons. The fourth-order valence-corrected chi connectivity index (χ4v) is 1.91. The molecule has 8 nitrogen and oxygen atoms in total. The molecule has 0 bridgehead atoms. The number of likely N-dealkylation sites (N-methyl/N-ethyl adjacent to an activating group) is 1. The summed E-state index contributed by atoms with van der Waals surface area (Å²) < 4.78 is 1.41. The summed E-state index contributed by atoms with van der Waals surface area (Å²) >= 11 is 0. The molecule has 0 aliphatic heterocycles. The van der Waals surface area contributed by atoms with Crippen molar-refractivity contribution in [2.24, 2.45) is 7.05 Å². The van der Waals surface area contributed by atoms with Crippen LogP contribution >= 0.6 is 0 Å². The molecule has 1 rings (SSSR count). The van der Waals surface area contributed by atoms with E-state index in [4.69, 9.17) is 0 Å². The number of nitro groups is 1. The molecule has 0 spiro atoms. The third-order valence-corrected chi connectivity index (χ3v) is 3.18. The average molecular weight is 283 g/mol. The van der Waals surface area contributed by atoms with Crippen LogP contribution in [0, 0.1) is 10.1 Å². The van der Waals surface area contributed by atoms with Gasteiger partial charge in [-0.15, -0.1) is 0 Å². The zero-order valence-electron chi connectivity index (χ0n) is 12.5. The zero-order chi connectivity index (χ0) is 15.4. The molecule has 1 atom stereocenters. The van der Waals surface area contributed by atoms with Gasteiger partial charge in [-0.3, -0.25) is 14.9 Å². The summed E-state index contributed by atoms with van der Waals surface area (Å²) in [4.78, 5) is 24.3. The number of nitrogens with one attached hydrogen (secondary N) is 1. The van der Waals surface area contributed by atoms with Crippen LogP contribution in [0.4, 0.5) is 11.5 Å². The van der Waals surface area contributed by atoms with Crippen LogP contribution in [0.2, 0.25) is 0 Å². The summed E-state index contributed by atoms with van der Waals surface area (Å²) in [5.74, 6) is 0.137. The van der Waals surface area contributed by atoms with Crippen molar-refractivity contribution in [2.75, 3.05) is 18.9 Å². The van der Waals surface area contributed by atoms with Crippen molar-refractivity contribution in [2.45, 2.75) is 33.2 Å². The number of carbonyl (C=O) groups excluding carboxylic acids is 1. The molecule has 0 saturated heterocycles. The minimum atomic E-state index is -0.557. The fraction of sp³-hybridized carbons (Fsp3) is 0.667. The quantitative estimate of drug-likeness (QED) is 0.625. The minimum absolute atomic E-state index is 0.0613. The van der Waals surface area contributed by atoms with Crippen LogP contribution in [0.1, 0.15) is 26.5 Å². The van der Waals surface area contributed by atoms with Crippen molar-refractivity contribution in [3.8, 4) is 0 Å². The van der Waals surface area contributed by atoms with Gasteiger partial charge < -0.3 is 10.2 Å². The van der Waals surface area contributed by atoms with Gasteiger partial charge in [0.1, 0.15) is 11.7 Å². The lowest BCUT2D eigenvalue weighted by Gasteiger charge is -2.20. The lowest BCUT2D eigenvalue weighted by Crippen LogP contribution is -2.39. The predicted octanol–water partition coefficient (Wildman–Crippen LogP) is 1.17. The van der Waals surface area contributed by atoms with Crippen LogP contribution < -0.4 is 5.32 Å². The van der Waals surface area contributed by atoms with Crippen molar-refractivity contribution in [1.82, 2.24) is 14.7 Å². The molecule has 1 heterocycles. The number of hydrogen-bond donors (Lipinski definition) is 1. The fourth-order valence-electron chi connectivity index (χ4n) is 1.91. The van der Waals surface area contributed by atoms with E-state index in [0.29, 0.717) is 18.7 Å². The summed E-state index contributed by atoms with van der Waals surface area (Å²) in [5.41, 5.74) is 0.345. The molecule has 112 valence electrons. The van der Waals surface area contributed by atoms with Crippen molar-refractivity contribution in [3.05, 3.63) is 15.8 Å². The van der Waals surface area contributed by atoms with E-state index in [1.165, 1.54) is 4.68 Å². The van der Waals surface area contributed by atoms with E-state index in [0.717, 1.165) is 0 Å². The number of hydrogen-bond acceptors (Lipinski definition) is 5. The molecule has 0 saturated carbocycles. The maximum atomic E-state index is 12.0. The molecular formula is C12H21N5O3. The summed E-state index contributed by atoms with van der Waals surface area (Å²) in [5, 5.41) is 18.2. The molecule has 1 N–H and O–H groups in total. The molecule has 20 heavy (non-hydrogen) atoms. The Morgan fingerprint density at radius 1 is 1.55 bits per heavy atom. The Morgan fingerprint density at radius 2 is 2.15 bits per heavy atom. The topological polar surface area (TPSA) is 93.3 Å². The Labute approximate surface area is 117 Å². The van der Waals surface area contributed by atoms with E-state index in [1.54, 1.807) is 32.8 Å². The highest BCUT2D eigenvalue weighted by Crippen LogP contribution is 2.28. The maximum absolute atomic E-state index is 12.0. The maximum Gasteiger partial charge on any atom is 0.334 e. The van der Waals surface area contributed by atoms with E-state index in [9.17, 15) is 14.9 Å². The van der Waals surface area contributed by atoms with Crippen LogP contribution in [0.5, 0.6) is 0 Å². The van der Waals surface area contributed by atoms with Gasteiger partial charge in [-0.2, -0.15) is 5.10 Å². The van der Waals surface area contributed by atoms with Gasteiger partial charge in [0.05, 0.1) is 4.92 Å². The van der Waals surface area contributed by atoms with Gasteiger partial charge in [0.25, 0.3) is 0 Å². The van der Waals surface area contributed by atoms with Crippen LogP contribution in [0.15, 0.2) is 0 Å². The minimum Gasteiger partial charge on any atom is -0.353 e. The van der Waals surface area contributed by atoms with Crippen LogP contribution in [-0.4, -0.2) is 45.1 Å². The van der Waals surface area contributed by atoms with Crippen molar-refractivity contribution in [1.29, 1.82) is 0 Å². The highest BCUT2D eigenvalue weighted by molar-refractivity contribution is 5.84. The molecule has 0 aliphatic carbocycles. The number of anilines is 1. The van der Waals surface area contributed by atoms with Gasteiger partial charge in [0.2, 0.25) is 11.7 Å². The molecule has 1 aromatic rings. The van der Waals surface area contributed by atoms with E-state index in [1.807, 2.05) is 6.92 Å². The van der Waals surface area contributed by atoms with Crippen molar-refractivity contribution < 1.29 is 9.72 Å². The van der Waals surface area contributed by atoms with Gasteiger partial charge in [0, 0.05) is 20.6 Å². The number of carbonyl (C=O) groups is 1. The van der Waals surface area contributed by atoms with Gasteiger partial charge in [-0.25, -0.2) is 4.68 Å². The molecule has 1 amide bonds. The number of aromatic nitrogens is 2. The van der Waals surface area contributed by atoms with Crippen LogP contribution in [0.25, 0.3) is 0 Å². The van der Waals surface area contributed by atoms with Gasteiger partial charge in [-0.05, 0) is 20.3 Å². The Balaban J connectivity index is 3.06. The van der Waals surface area contributed by atoms with E-state index >= 15 is 0 Å². The normalized spacial score (nSPS) is 12.1. The van der Waals surface area contributed by atoms with Gasteiger partial charge in [0.15, 0.2) is 0 Å². The monoisotopic (exact) mass is 283 g/mol. The van der Waals surface area contributed by atoms with E-state index in [2.05, 4.69) is 10.4 Å². The number of amides is 1. The SMILES string of the molecule is CCc1nn(C)c(NC(C)C(=O)N(C)CC)c1[N+](=O)[O-]. The second-order valence-electron chi connectivity index (χ2n) is 4.60. The zero-order valence-corrected chi connectivity index (χ0v) is 12.5. The van der Waals surface area contributed by atoms with Crippen molar-refractivity contribution in [3.63, 3.8) is 0 Å². The van der Waals surface area contributed by atoms with Crippen LogP contribution in [-0.2, 0) is 18.3 Å². The van der Waals surface area contributed by atoms with Gasteiger partial charge in [-0.1, -0.05) is 6.92 Å². The number of rotatable bonds is 6. The largest absolute Gasteiger partial charge is 0.353 e. The number of aryl methyl sites for hydroxylation is 2. The number of nitrogens with zero attached hydrogens (tertiary/aromatic N) is 4. The first-order valence-electron chi connectivity index (χ1n) is 6.55. The Hall–Kier alpha value is -2.12. The molecule has 0 aliphatic rings. The third kappa shape index (κ3) is 3.06. The highest BCUT2D eigenvalue weighted by Gasteiger charge is 2.28. The lowest BCUT2D eigenvalue weighted by atomic mass is 10.2. The predicted molar refractivity (Wildman–Crippen MR) is 75.6 cm³/mol. The molecule has 1 aromatic heterocycles. The van der Waals surface area contributed by atoms with Crippen LogP contribution in [0.3, 0.4) is 0 Å². The lowest BCUT2D eigenvalue weighted by molar-refractivity contribution is -0.384. The van der Waals surface area contributed by atoms with E-state index < -0.39 is 11.0 Å². The molecule has 0 aromatic carbocycles. The Morgan fingerprint density at radius 3 is 2.60 bits per heavy atom. The molecule has 8 heteroatoms. The summed E-state index contributed by atoms with van der Waals surface area (Å²) in [6, 6.07) is -0.557. The third-order valence-electron chi connectivity index (χ3n) is 3.18. The first kappa shape index (κ1) is 15.9. The summed E-state index contributed by atoms with van der Waals surface area (Å²) in [6.45, 7) is 5.93. The summed E-state index contributed by atoms with van der Waals surface area (Å²) in [6.07, 6.45) is 0.461. The summed E-state index contributed by atoms with van der Waals surface area (Å²) in [7, 11) is 3.31. The molecule has 0 fully saturated rings. The van der Waals surface area contributed by atoms with Crippen molar-refractivity contribution >= 4 is 17.4 Å². The smallest absolute Gasteiger partial charge is 0.334 e. The molecular weight excluding hydrogens is 262 g/mol. The highest BCUT2D eigenvalue weighted by atomic mass is 16.6. The first-order valence-corrected chi connectivity index (χ1v) is 6.55. The molecule has 1 unspecified atom stereocenters. The standard InChI is InChI=1S/C12H21N5O3/c1-6-9-10(17(19)20)11(16(5)14-9)13-8(3)12(18)15(4)7-2/h8,13H,6-7H2,1-5H3. The van der Waals surface area contributed by atoms with Gasteiger partial charge >= 0.3 is 5.69 Å². The Bertz CT molecular complexity index is 511. The second-order valence-corrected chi connectivity index (χ2v) is 4.60. The van der Waals surface area contributed by atoms with E-state index in [-0.39, 0.29) is 17.4 Å². The second kappa shape index (κ2) is 6.36. The average Bonchev–Trinajstić information content (AvgIpc) is 2.73. The first-order chi connectivity index (χ1) is 9.33. The Kier molecular flexibility index (Phi) is 5.06.